The highest BCUT2D eigenvalue weighted by atomic mass is 19.1. The van der Waals surface area contributed by atoms with E-state index < -0.39 is 17.8 Å². The number of hydrogen-bond donors (Lipinski definition) is 1. The van der Waals surface area contributed by atoms with Crippen LogP contribution < -0.4 is 10.6 Å². The van der Waals surface area contributed by atoms with Crippen LogP contribution in [-0.2, 0) is 4.79 Å². The van der Waals surface area contributed by atoms with Crippen LogP contribution in [0.1, 0.15) is 17.3 Å². The molecule has 0 fully saturated rings. The fourth-order valence-electron chi connectivity index (χ4n) is 1.28. The van der Waals surface area contributed by atoms with E-state index in [9.17, 15) is 14.0 Å². The zero-order valence-electron chi connectivity index (χ0n) is 9.11. The predicted octanol–water partition coefficient (Wildman–Crippen LogP) is 0.948. The standard InChI is InChI=1S/C11H13FN2O2/c1-7(11(13)16)14(2)10-4-3-8(6-15)5-9(10)12/h3-7H,1-2H3,(H2,13,16). The lowest BCUT2D eigenvalue weighted by molar-refractivity contribution is -0.118. The minimum Gasteiger partial charge on any atom is -0.368 e. The Balaban J connectivity index is 3.04. The van der Waals surface area contributed by atoms with Gasteiger partial charge in [0.1, 0.15) is 18.1 Å². The summed E-state index contributed by atoms with van der Waals surface area (Å²) in [5.74, 6) is -1.10. The van der Waals surface area contributed by atoms with Crippen LogP contribution in [0.3, 0.4) is 0 Å². The molecule has 0 saturated heterocycles. The molecule has 0 heterocycles. The van der Waals surface area contributed by atoms with Crippen LogP contribution in [-0.4, -0.2) is 25.3 Å². The maximum atomic E-state index is 13.6. The smallest absolute Gasteiger partial charge is 0.239 e. The van der Waals surface area contributed by atoms with Crippen LogP contribution in [0.2, 0.25) is 0 Å². The zero-order chi connectivity index (χ0) is 12.3. The number of hydrogen-bond acceptors (Lipinski definition) is 3. The summed E-state index contributed by atoms with van der Waals surface area (Å²) in [5.41, 5.74) is 5.61. The average Bonchev–Trinajstić information content (AvgIpc) is 2.26. The third-order valence-corrected chi connectivity index (χ3v) is 2.48. The van der Waals surface area contributed by atoms with Crippen molar-refractivity contribution in [2.24, 2.45) is 5.73 Å². The van der Waals surface area contributed by atoms with Crippen molar-refractivity contribution in [1.29, 1.82) is 0 Å². The van der Waals surface area contributed by atoms with Crippen molar-refractivity contribution in [3.63, 3.8) is 0 Å². The molecule has 1 aromatic carbocycles. The molecule has 1 unspecified atom stereocenters. The summed E-state index contributed by atoms with van der Waals surface area (Å²) < 4.78 is 13.6. The first-order valence-corrected chi connectivity index (χ1v) is 4.74. The molecule has 0 spiro atoms. The average molecular weight is 224 g/mol. The van der Waals surface area contributed by atoms with Gasteiger partial charge >= 0.3 is 0 Å². The molecule has 86 valence electrons. The number of likely N-dealkylation sites (N-methyl/N-ethyl adjacent to an activating group) is 1. The topological polar surface area (TPSA) is 63.4 Å². The molecule has 5 heteroatoms. The first kappa shape index (κ1) is 12.2. The van der Waals surface area contributed by atoms with Crippen molar-refractivity contribution >= 4 is 17.9 Å². The molecule has 0 aromatic heterocycles. The molecular weight excluding hydrogens is 211 g/mol. The summed E-state index contributed by atoms with van der Waals surface area (Å²) in [6.45, 7) is 1.58. The molecule has 0 aliphatic carbocycles. The van der Waals surface area contributed by atoms with Gasteiger partial charge in [-0.05, 0) is 25.1 Å². The number of nitrogens with zero attached hydrogens (tertiary/aromatic N) is 1. The number of benzene rings is 1. The van der Waals surface area contributed by atoms with E-state index in [0.717, 1.165) is 6.07 Å². The van der Waals surface area contributed by atoms with Gasteiger partial charge in [-0.3, -0.25) is 9.59 Å². The highest BCUT2D eigenvalue weighted by Gasteiger charge is 2.18. The molecule has 0 radical (unpaired) electrons. The van der Waals surface area contributed by atoms with E-state index in [1.54, 1.807) is 14.0 Å². The van der Waals surface area contributed by atoms with Gasteiger partial charge in [0, 0.05) is 12.6 Å². The van der Waals surface area contributed by atoms with Gasteiger partial charge in [0.25, 0.3) is 0 Å². The number of primary amides is 1. The van der Waals surface area contributed by atoms with E-state index in [0.29, 0.717) is 6.29 Å². The number of aldehydes is 1. The van der Waals surface area contributed by atoms with Crippen molar-refractivity contribution in [3.8, 4) is 0 Å². The Labute approximate surface area is 92.8 Å². The summed E-state index contributed by atoms with van der Waals surface area (Å²) >= 11 is 0. The Morgan fingerprint density at radius 2 is 2.19 bits per heavy atom. The quantitative estimate of drug-likeness (QED) is 0.774. The number of nitrogens with two attached hydrogens (primary N) is 1. The fourth-order valence-corrected chi connectivity index (χ4v) is 1.28. The van der Waals surface area contributed by atoms with Crippen LogP contribution >= 0.6 is 0 Å². The number of amides is 1. The lowest BCUT2D eigenvalue weighted by Crippen LogP contribution is -2.40. The second-order valence-corrected chi connectivity index (χ2v) is 3.52. The molecule has 2 N–H and O–H groups in total. The number of anilines is 1. The molecule has 1 aromatic rings. The fraction of sp³-hybridized carbons (Fsp3) is 0.273. The van der Waals surface area contributed by atoms with Crippen molar-refractivity contribution in [2.75, 3.05) is 11.9 Å². The monoisotopic (exact) mass is 224 g/mol. The number of halogens is 1. The van der Waals surface area contributed by atoms with Gasteiger partial charge in [0.05, 0.1) is 5.69 Å². The maximum absolute atomic E-state index is 13.6. The summed E-state index contributed by atoms with van der Waals surface area (Å²) in [4.78, 5) is 22.8. The Morgan fingerprint density at radius 3 is 2.62 bits per heavy atom. The van der Waals surface area contributed by atoms with Crippen LogP contribution in [0.5, 0.6) is 0 Å². The molecule has 0 saturated carbocycles. The van der Waals surface area contributed by atoms with E-state index >= 15 is 0 Å². The number of carbonyl (C=O) groups is 2. The Bertz CT molecular complexity index is 420. The van der Waals surface area contributed by atoms with Gasteiger partial charge in [0.15, 0.2) is 0 Å². The van der Waals surface area contributed by atoms with Crippen LogP contribution in [0, 0.1) is 5.82 Å². The summed E-state index contributed by atoms with van der Waals surface area (Å²) in [5, 5.41) is 0. The van der Waals surface area contributed by atoms with Crippen molar-refractivity contribution in [3.05, 3.63) is 29.6 Å². The minimum absolute atomic E-state index is 0.233. The lowest BCUT2D eigenvalue weighted by atomic mass is 10.1. The van der Waals surface area contributed by atoms with Gasteiger partial charge in [-0.1, -0.05) is 0 Å². The second kappa shape index (κ2) is 4.74. The van der Waals surface area contributed by atoms with Gasteiger partial charge in [0.2, 0.25) is 5.91 Å². The Hall–Kier alpha value is -1.91. The first-order valence-electron chi connectivity index (χ1n) is 4.74. The number of rotatable bonds is 4. The maximum Gasteiger partial charge on any atom is 0.239 e. The highest BCUT2D eigenvalue weighted by Crippen LogP contribution is 2.20. The highest BCUT2D eigenvalue weighted by molar-refractivity contribution is 5.83. The normalized spacial score (nSPS) is 11.9. The van der Waals surface area contributed by atoms with E-state index in [4.69, 9.17) is 5.73 Å². The Morgan fingerprint density at radius 1 is 1.56 bits per heavy atom. The predicted molar refractivity (Wildman–Crippen MR) is 58.8 cm³/mol. The van der Waals surface area contributed by atoms with Crippen molar-refractivity contribution in [2.45, 2.75) is 13.0 Å². The van der Waals surface area contributed by atoms with Gasteiger partial charge < -0.3 is 10.6 Å². The van der Waals surface area contributed by atoms with Gasteiger partial charge in [-0.15, -0.1) is 0 Å². The molecule has 1 rings (SSSR count). The van der Waals surface area contributed by atoms with Gasteiger partial charge in [-0.25, -0.2) is 4.39 Å². The molecule has 0 bridgehead atoms. The molecule has 4 nitrogen and oxygen atoms in total. The van der Waals surface area contributed by atoms with E-state index in [-0.39, 0.29) is 11.3 Å². The third kappa shape index (κ3) is 2.36. The van der Waals surface area contributed by atoms with Crippen molar-refractivity contribution < 1.29 is 14.0 Å². The van der Waals surface area contributed by atoms with E-state index in [2.05, 4.69) is 0 Å². The third-order valence-electron chi connectivity index (χ3n) is 2.48. The largest absolute Gasteiger partial charge is 0.368 e. The summed E-state index contributed by atoms with van der Waals surface area (Å²) in [6.07, 6.45) is 0.560. The molecule has 0 aliphatic rings. The van der Waals surface area contributed by atoms with Crippen molar-refractivity contribution in [1.82, 2.24) is 0 Å². The number of carbonyl (C=O) groups excluding carboxylic acids is 2. The second-order valence-electron chi connectivity index (χ2n) is 3.52. The summed E-state index contributed by atoms with van der Waals surface area (Å²) in [6, 6.07) is 3.43. The van der Waals surface area contributed by atoms with Crippen LogP contribution in [0.4, 0.5) is 10.1 Å². The molecule has 0 aliphatic heterocycles. The lowest BCUT2D eigenvalue weighted by Gasteiger charge is -2.24. The Kier molecular flexibility index (Phi) is 3.60. The van der Waals surface area contributed by atoms with Crippen LogP contribution in [0.25, 0.3) is 0 Å². The first-order chi connectivity index (χ1) is 7.47. The van der Waals surface area contributed by atoms with Crippen LogP contribution in [0.15, 0.2) is 18.2 Å². The minimum atomic E-state index is -0.614. The van der Waals surface area contributed by atoms with E-state index in [1.165, 1.54) is 17.0 Å². The van der Waals surface area contributed by atoms with Gasteiger partial charge in [-0.2, -0.15) is 0 Å². The molecular formula is C11H13FN2O2. The molecule has 1 atom stereocenters. The molecule has 1 amide bonds. The molecule has 16 heavy (non-hydrogen) atoms. The SMILES string of the molecule is CC(C(N)=O)N(C)c1ccc(C=O)cc1F. The zero-order valence-corrected chi connectivity index (χ0v) is 9.11. The van der Waals surface area contributed by atoms with E-state index in [1.807, 2.05) is 0 Å². The summed E-state index contributed by atoms with van der Waals surface area (Å²) in [7, 11) is 1.56.